The van der Waals surface area contributed by atoms with E-state index < -0.39 is 5.97 Å². The maximum Gasteiger partial charge on any atom is 0.339 e. The molecule has 1 aromatic carbocycles. The van der Waals surface area contributed by atoms with Gasteiger partial charge in [0.2, 0.25) is 0 Å². The lowest BCUT2D eigenvalue weighted by Gasteiger charge is -2.35. The molecule has 5 rings (SSSR count). The third-order valence-corrected chi connectivity index (χ3v) is 8.95. The molecule has 0 spiro atoms. The number of aromatic nitrogens is 3. The average molecular weight is 583 g/mol. The molecule has 2 aliphatic rings. The van der Waals surface area contributed by atoms with E-state index in [0.29, 0.717) is 24.5 Å². The second kappa shape index (κ2) is 14.2. The van der Waals surface area contributed by atoms with Gasteiger partial charge in [-0.3, -0.25) is 0 Å². The molecule has 0 bridgehead atoms. The predicted octanol–water partition coefficient (Wildman–Crippen LogP) is 7.57. The minimum absolute atomic E-state index is 0.201. The highest BCUT2D eigenvalue weighted by Gasteiger charge is 2.23. The average Bonchev–Trinajstić information content (AvgIpc) is 3.45. The lowest BCUT2D eigenvalue weighted by Crippen LogP contribution is -2.39. The Bertz CT molecular complexity index is 1490. The summed E-state index contributed by atoms with van der Waals surface area (Å²) in [6.07, 6.45) is 14.4. The number of hydrogen-bond acceptors (Lipinski definition) is 5. The number of benzene rings is 1. The van der Waals surface area contributed by atoms with Crippen LogP contribution in [0.15, 0.2) is 60.0 Å². The SMILES string of the molecule is C/C=C(\C(OCc1ccc2c(c1)CCCN(C1CCCCC1)CC2)=C(C)C)c1cccc(-n2ncc(C(=O)O)c2CC)n1. The highest BCUT2D eigenvalue weighted by Crippen LogP contribution is 2.29. The van der Waals surface area contributed by atoms with Crippen molar-refractivity contribution in [3.8, 4) is 5.82 Å². The molecule has 1 saturated carbocycles. The van der Waals surface area contributed by atoms with E-state index in [1.807, 2.05) is 38.1 Å². The normalized spacial score (nSPS) is 16.7. The molecule has 1 aliphatic heterocycles. The molecule has 7 nitrogen and oxygen atoms in total. The van der Waals surface area contributed by atoms with Crippen LogP contribution in [0.2, 0.25) is 0 Å². The first kappa shape index (κ1) is 30.7. The number of allylic oxidation sites excluding steroid dienone is 3. The Hall–Kier alpha value is -3.71. The Morgan fingerprint density at radius 3 is 2.58 bits per heavy atom. The molecule has 0 atom stereocenters. The van der Waals surface area contributed by atoms with Crippen molar-refractivity contribution in [3.05, 3.63) is 93.6 Å². The van der Waals surface area contributed by atoms with E-state index in [-0.39, 0.29) is 5.56 Å². The maximum absolute atomic E-state index is 11.7. The minimum atomic E-state index is -0.983. The van der Waals surface area contributed by atoms with Gasteiger partial charge < -0.3 is 14.7 Å². The Kier molecular flexibility index (Phi) is 10.1. The van der Waals surface area contributed by atoms with Crippen molar-refractivity contribution in [2.45, 2.75) is 98.1 Å². The van der Waals surface area contributed by atoms with Gasteiger partial charge in [-0.25, -0.2) is 14.5 Å². The number of aryl methyl sites for hydroxylation is 1. The van der Waals surface area contributed by atoms with Gasteiger partial charge in [0.15, 0.2) is 5.82 Å². The van der Waals surface area contributed by atoms with Gasteiger partial charge in [0.25, 0.3) is 0 Å². The number of carboxylic acid groups (broad SMARTS) is 1. The van der Waals surface area contributed by atoms with Crippen molar-refractivity contribution in [3.63, 3.8) is 0 Å². The lowest BCUT2D eigenvalue weighted by atomic mass is 9.91. The topological polar surface area (TPSA) is 80.5 Å². The summed E-state index contributed by atoms with van der Waals surface area (Å²) in [5.41, 5.74) is 7.69. The largest absolute Gasteiger partial charge is 0.488 e. The molecule has 2 aromatic heterocycles. The van der Waals surface area contributed by atoms with Crippen LogP contribution in [0.3, 0.4) is 0 Å². The number of ether oxygens (including phenoxy) is 1. The first-order valence-corrected chi connectivity index (χ1v) is 16.0. The van der Waals surface area contributed by atoms with E-state index >= 15 is 0 Å². The zero-order valence-corrected chi connectivity index (χ0v) is 26.2. The number of pyridine rings is 1. The number of fused-ring (bicyclic) bond motifs is 1. The molecular weight excluding hydrogens is 536 g/mol. The van der Waals surface area contributed by atoms with Crippen LogP contribution in [0.1, 0.15) is 105 Å². The number of carbonyl (C=O) groups is 1. The van der Waals surface area contributed by atoms with Crippen molar-refractivity contribution >= 4 is 11.5 Å². The van der Waals surface area contributed by atoms with Gasteiger partial charge in [0.05, 0.1) is 17.6 Å². The second-order valence-corrected chi connectivity index (χ2v) is 12.1. The molecule has 3 aromatic rings. The first-order chi connectivity index (χ1) is 20.9. The van der Waals surface area contributed by atoms with Crippen molar-refractivity contribution in [2.24, 2.45) is 0 Å². The van der Waals surface area contributed by atoms with Crippen LogP contribution in [0.5, 0.6) is 0 Å². The van der Waals surface area contributed by atoms with Gasteiger partial charge >= 0.3 is 5.97 Å². The fourth-order valence-electron chi connectivity index (χ4n) is 6.73. The summed E-state index contributed by atoms with van der Waals surface area (Å²) in [6.45, 7) is 10.9. The van der Waals surface area contributed by atoms with Gasteiger partial charge in [-0.05, 0) is 100 Å². The summed E-state index contributed by atoms with van der Waals surface area (Å²) < 4.78 is 8.15. The summed E-state index contributed by atoms with van der Waals surface area (Å²) in [7, 11) is 0. The third-order valence-electron chi connectivity index (χ3n) is 8.95. The number of nitrogens with zero attached hydrogens (tertiary/aromatic N) is 4. The van der Waals surface area contributed by atoms with E-state index in [0.717, 1.165) is 41.5 Å². The highest BCUT2D eigenvalue weighted by atomic mass is 16.5. The number of aromatic carboxylic acids is 1. The molecule has 1 fully saturated rings. The molecule has 0 amide bonds. The molecule has 228 valence electrons. The van der Waals surface area contributed by atoms with Crippen LogP contribution in [-0.2, 0) is 30.6 Å². The summed E-state index contributed by atoms with van der Waals surface area (Å²) in [6, 6.07) is 13.4. The molecule has 7 heteroatoms. The zero-order valence-electron chi connectivity index (χ0n) is 26.2. The second-order valence-electron chi connectivity index (χ2n) is 12.1. The number of carboxylic acids is 1. The minimum Gasteiger partial charge on any atom is -0.488 e. The number of hydrogen-bond donors (Lipinski definition) is 1. The van der Waals surface area contributed by atoms with Crippen LogP contribution in [-0.4, -0.2) is 49.9 Å². The van der Waals surface area contributed by atoms with E-state index in [4.69, 9.17) is 9.72 Å². The molecule has 1 aliphatic carbocycles. The Labute approximate surface area is 256 Å². The van der Waals surface area contributed by atoms with E-state index in [1.54, 1.807) is 4.68 Å². The smallest absolute Gasteiger partial charge is 0.339 e. The molecule has 43 heavy (non-hydrogen) atoms. The van der Waals surface area contributed by atoms with Crippen LogP contribution < -0.4 is 0 Å². The van der Waals surface area contributed by atoms with Gasteiger partial charge in [0, 0.05) is 18.2 Å². The summed E-state index contributed by atoms with van der Waals surface area (Å²) in [4.78, 5) is 19.3. The molecule has 0 saturated heterocycles. The van der Waals surface area contributed by atoms with Gasteiger partial charge in [-0.15, -0.1) is 0 Å². The van der Waals surface area contributed by atoms with Crippen molar-refractivity contribution in [2.75, 3.05) is 13.1 Å². The summed E-state index contributed by atoms with van der Waals surface area (Å²) in [5, 5.41) is 13.9. The van der Waals surface area contributed by atoms with Crippen molar-refractivity contribution < 1.29 is 14.6 Å². The van der Waals surface area contributed by atoms with E-state index in [1.165, 1.54) is 74.5 Å². The van der Waals surface area contributed by atoms with Crippen LogP contribution in [0.25, 0.3) is 11.4 Å². The van der Waals surface area contributed by atoms with Gasteiger partial charge in [-0.2, -0.15) is 5.10 Å². The molecule has 0 unspecified atom stereocenters. The quantitative estimate of drug-likeness (QED) is 0.207. The Balaban J connectivity index is 1.30. The first-order valence-electron chi connectivity index (χ1n) is 16.0. The van der Waals surface area contributed by atoms with Gasteiger partial charge in [-0.1, -0.05) is 56.5 Å². The summed E-state index contributed by atoms with van der Waals surface area (Å²) >= 11 is 0. The third kappa shape index (κ3) is 7.10. The predicted molar refractivity (Wildman–Crippen MR) is 171 cm³/mol. The fourth-order valence-corrected chi connectivity index (χ4v) is 6.73. The van der Waals surface area contributed by atoms with Crippen LogP contribution in [0.4, 0.5) is 0 Å². The highest BCUT2D eigenvalue weighted by molar-refractivity contribution is 5.88. The summed E-state index contributed by atoms with van der Waals surface area (Å²) in [5.74, 6) is 0.408. The monoisotopic (exact) mass is 582 g/mol. The Morgan fingerprint density at radius 1 is 1.05 bits per heavy atom. The molecule has 0 radical (unpaired) electrons. The zero-order chi connectivity index (χ0) is 30.3. The fraction of sp³-hybridized carbons (Fsp3) is 0.472. The molecular formula is C36H46N4O3. The van der Waals surface area contributed by atoms with E-state index in [2.05, 4.69) is 42.0 Å². The molecule has 1 N–H and O–H groups in total. The number of rotatable bonds is 9. The standard InChI is InChI=1S/C36H46N4O3/c1-5-30(32-15-10-16-34(38-32)40-33(6-2)31(23-37-40)36(41)42)35(25(3)4)43-24-26-17-18-27-19-21-39(20-11-12-28(27)22-26)29-13-8-7-9-14-29/h5,10,15-18,22-23,29H,6-9,11-14,19-21,24H2,1-4H3,(H,41,42)/b30-5-. The van der Waals surface area contributed by atoms with Crippen molar-refractivity contribution in [1.82, 2.24) is 19.7 Å². The lowest BCUT2D eigenvalue weighted by molar-refractivity contribution is 0.0695. The van der Waals surface area contributed by atoms with E-state index in [9.17, 15) is 9.90 Å². The van der Waals surface area contributed by atoms with Crippen molar-refractivity contribution in [1.29, 1.82) is 0 Å². The molecule has 3 heterocycles. The van der Waals surface area contributed by atoms with Crippen LogP contribution >= 0.6 is 0 Å². The maximum atomic E-state index is 11.7. The van der Waals surface area contributed by atoms with Crippen LogP contribution in [0, 0.1) is 0 Å². The van der Waals surface area contributed by atoms with Gasteiger partial charge in [0.1, 0.15) is 17.9 Å². The Morgan fingerprint density at radius 2 is 1.86 bits per heavy atom.